The lowest BCUT2D eigenvalue weighted by atomic mass is 10.0. The van der Waals surface area contributed by atoms with Crippen LogP contribution < -0.4 is 10.6 Å². The van der Waals surface area contributed by atoms with E-state index in [1.807, 2.05) is 6.07 Å². The number of aryl methyl sites for hydroxylation is 1. The molecule has 98 valence electrons. The van der Waals surface area contributed by atoms with Gasteiger partial charge in [-0.3, -0.25) is 10.1 Å². The number of rotatable bonds is 3. The SMILES string of the molecule is Cc1cc(NC2(C)CCNC2)c(Br)cc1[N+](=O)[O-]. The van der Waals surface area contributed by atoms with Gasteiger partial charge in [0.1, 0.15) is 0 Å². The van der Waals surface area contributed by atoms with Gasteiger partial charge in [0.15, 0.2) is 0 Å². The summed E-state index contributed by atoms with van der Waals surface area (Å²) in [5.41, 5.74) is 1.72. The summed E-state index contributed by atoms with van der Waals surface area (Å²) >= 11 is 3.39. The maximum absolute atomic E-state index is 10.8. The highest BCUT2D eigenvalue weighted by atomic mass is 79.9. The topological polar surface area (TPSA) is 67.2 Å². The molecule has 5 nitrogen and oxygen atoms in total. The lowest BCUT2D eigenvalue weighted by Crippen LogP contribution is -2.36. The first-order chi connectivity index (χ1) is 8.41. The van der Waals surface area contributed by atoms with Gasteiger partial charge in [0.05, 0.1) is 4.92 Å². The molecule has 1 fully saturated rings. The van der Waals surface area contributed by atoms with Crippen molar-refractivity contribution in [3.8, 4) is 0 Å². The molecule has 2 N–H and O–H groups in total. The van der Waals surface area contributed by atoms with E-state index in [0.29, 0.717) is 5.56 Å². The number of nitro benzene ring substituents is 1. The largest absolute Gasteiger partial charge is 0.378 e. The van der Waals surface area contributed by atoms with Crippen molar-refractivity contribution < 1.29 is 4.92 Å². The third kappa shape index (κ3) is 2.64. The van der Waals surface area contributed by atoms with Crippen molar-refractivity contribution in [2.75, 3.05) is 18.4 Å². The minimum atomic E-state index is -0.358. The van der Waals surface area contributed by atoms with Crippen LogP contribution in [0.2, 0.25) is 0 Å². The van der Waals surface area contributed by atoms with Gasteiger partial charge in [-0.05, 0) is 48.8 Å². The van der Waals surface area contributed by atoms with Crippen molar-refractivity contribution in [1.29, 1.82) is 0 Å². The molecule has 18 heavy (non-hydrogen) atoms. The zero-order chi connectivity index (χ0) is 13.3. The lowest BCUT2D eigenvalue weighted by molar-refractivity contribution is -0.385. The molecule has 1 atom stereocenters. The highest BCUT2D eigenvalue weighted by Gasteiger charge is 2.29. The van der Waals surface area contributed by atoms with Gasteiger partial charge < -0.3 is 10.6 Å². The van der Waals surface area contributed by atoms with E-state index in [0.717, 1.165) is 29.7 Å². The van der Waals surface area contributed by atoms with Gasteiger partial charge in [-0.2, -0.15) is 0 Å². The Morgan fingerprint density at radius 1 is 1.56 bits per heavy atom. The Balaban J connectivity index is 2.29. The van der Waals surface area contributed by atoms with E-state index in [-0.39, 0.29) is 16.1 Å². The highest BCUT2D eigenvalue weighted by molar-refractivity contribution is 9.10. The molecule has 1 unspecified atom stereocenters. The first-order valence-electron chi connectivity index (χ1n) is 5.85. The predicted octanol–water partition coefficient (Wildman–Crippen LogP) is 2.83. The number of benzene rings is 1. The molecule has 0 amide bonds. The summed E-state index contributed by atoms with van der Waals surface area (Å²) in [5.74, 6) is 0. The van der Waals surface area contributed by atoms with Crippen molar-refractivity contribution in [2.24, 2.45) is 0 Å². The molecular formula is C12H16BrN3O2. The van der Waals surface area contributed by atoms with Crippen LogP contribution in [0.15, 0.2) is 16.6 Å². The van der Waals surface area contributed by atoms with Crippen LogP contribution in [0.4, 0.5) is 11.4 Å². The van der Waals surface area contributed by atoms with Crippen LogP contribution >= 0.6 is 15.9 Å². The van der Waals surface area contributed by atoms with Crippen LogP contribution in [-0.4, -0.2) is 23.6 Å². The Labute approximate surface area is 114 Å². The first-order valence-corrected chi connectivity index (χ1v) is 6.64. The average molecular weight is 314 g/mol. The summed E-state index contributed by atoms with van der Waals surface area (Å²) < 4.78 is 0.730. The second kappa shape index (κ2) is 4.85. The molecule has 1 aromatic rings. The molecule has 1 saturated heterocycles. The van der Waals surface area contributed by atoms with E-state index in [1.54, 1.807) is 13.0 Å². The molecular weight excluding hydrogens is 298 g/mol. The Morgan fingerprint density at radius 3 is 2.83 bits per heavy atom. The molecule has 1 aliphatic heterocycles. The number of anilines is 1. The van der Waals surface area contributed by atoms with Crippen molar-refractivity contribution >= 4 is 27.3 Å². The quantitative estimate of drug-likeness (QED) is 0.665. The van der Waals surface area contributed by atoms with Crippen LogP contribution in [0.25, 0.3) is 0 Å². The Kier molecular flexibility index (Phi) is 3.59. The number of nitro groups is 1. The number of nitrogens with zero attached hydrogens (tertiary/aromatic N) is 1. The molecule has 0 aliphatic carbocycles. The average Bonchev–Trinajstić information content (AvgIpc) is 2.69. The van der Waals surface area contributed by atoms with Crippen LogP contribution in [0.5, 0.6) is 0 Å². The Hall–Kier alpha value is -1.14. The summed E-state index contributed by atoms with van der Waals surface area (Å²) in [6.07, 6.45) is 1.04. The van der Waals surface area contributed by atoms with Crippen LogP contribution in [0, 0.1) is 17.0 Å². The van der Waals surface area contributed by atoms with Gasteiger partial charge in [0, 0.05) is 33.9 Å². The molecule has 0 bridgehead atoms. The maximum Gasteiger partial charge on any atom is 0.273 e. The summed E-state index contributed by atoms with van der Waals surface area (Å²) in [6, 6.07) is 3.38. The van der Waals surface area contributed by atoms with E-state index in [2.05, 4.69) is 33.5 Å². The molecule has 1 heterocycles. The van der Waals surface area contributed by atoms with Gasteiger partial charge in [-0.25, -0.2) is 0 Å². The fourth-order valence-electron chi connectivity index (χ4n) is 2.21. The van der Waals surface area contributed by atoms with Crippen molar-refractivity contribution in [2.45, 2.75) is 25.8 Å². The van der Waals surface area contributed by atoms with E-state index >= 15 is 0 Å². The zero-order valence-electron chi connectivity index (χ0n) is 10.4. The summed E-state index contributed by atoms with van der Waals surface area (Å²) in [7, 11) is 0. The van der Waals surface area contributed by atoms with Gasteiger partial charge >= 0.3 is 0 Å². The normalized spacial score (nSPS) is 23.1. The molecule has 2 rings (SSSR count). The molecule has 0 spiro atoms. The molecule has 0 aromatic heterocycles. The van der Waals surface area contributed by atoms with Crippen molar-refractivity contribution in [3.63, 3.8) is 0 Å². The molecule has 1 aromatic carbocycles. The van der Waals surface area contributed by atoms with E-state index in [4.69, 9.17) is 0 Å². The van der Waals surface area contributed by atoms with Gasteiger partial charge in [-0.1, -0.05) is 0 Å². The van der Waals surface area contributed by atoms with Crippen LogP contribution in [0.3, 0.4) is 0 Å². The smallest absolute Gasteiger partial charge is 0.273 e. The van der Waals surface area contributed by atoms with Crippen LogP contribution in [-0.2, 0) is 0 Å². The fraction of sp³-hybridized carbons (Fsp3) is 0.500. The van der Waals surface area contributed by atoms with Crippen LogP contribution in [0.1, 0.15) is 18.9 Å². The van der Waals surface area contributed by atoms with Gasteiger partial charge in [0.2, 0.25) is 0 Å². The third-order valence-electron chi connectivity index (χ3n) is 3.29. The zero-order valence-corrected chi connectivity index (χ0v) is 12.0. The summed E-state index contributed by atoms with van der Waals surface area (Å²) in [6.45, 7) is 5.80. The number of halogens is 1. The molecule has 0 radical (unpaired) electrons. The van der Waals surface area contributed by atoms with E-state index in [1.165, 1.54) is 0 Å². The monoisotopic (exact) mass is 313 g/mol. The second-order valence-electron chi connectivity index (χ2n) is 4.99. The Morgan fingerprint density at radius 2 is 2.28 bits per heavy atom. The maximum atomic E-state index is 10.8. The first kappa shape index (κ1) is 13.3. The molecule has 6 heteroatoms. The highest BCUT2D eigenvalue weighted by Crippen LogP contribution is 2.33. The molecule has 1 aliphatic rings. The minimum Gasteiger partial charge on any atom is -0.378 e. The minimum absolute atomic E-state index is 0.00505. The van der Waals surface area contributed by atoms with Gasteiger partial charge in [0.25, 0.3) is 5.69 Å². The van der Waals surface area contributed by atoms with Gasteiger partial charge in [-0.15, -0.1) is 0 Å². The fourth-order valence-corrected chi connectivity index (χ4v) is 2.64. The Bertz CT molecular complexity index is 484. The predicted molar refractivity (Wildman–Crippen MR) is 75.0 cm³/mol. The molecule has 0 saturated carbocycles. The number of hydrogen-bond donors (Lipinski definition) is 2. The second-order valence-corrected chi connectivity index (χ2v) is 5.84. The van der Waals surface area contributed by atoms with E-state index < -0.39 is 0 Å². The van der Waals surface area contributed by atoms with Crippen molar-refractivity contribution in [3.05, 3.63) is 32.3 Å². The lowest BCUT2D eigenvalue weighted by Gasteiger charge is -2.26. The summed E-state index contributed by atoms with van der Waals surface area (Å²) in [4.78, 5) is 10.5. The van der Waals surface area contributed by atoms with E-state index in [9.17, 15) is 10.1 Å². The number of nitrogens with one attached hydrogen (secondary N) is 2. The number of hydrogen-bond acceptors (Lipinski definition) is 4. The summed E-state index contributed by atoms with van der Waals surface area (Å²) in [5, 5.41) is 17.6. The van der Waals surface area contributed by atoms with Crippen molar-refractivity contribution in [1.82, 2.24) is 5.32 Å². The third-order valence-corrected chi connectivity index (χ3v) is 3.94. The standard InChI is InChI=1S/C12H16BrN3O2/c1-8-5-10(9(13)6-11(8)16(17)18)15-12(2)3-4-14-7-12/h5-6,14-15H,3-4,7H2,1-2H3.